The summed E-state index contributed by atoms with van der Waals surface area (Å²) in [7, 11) is 1.55. The van der Waals surface area contributed by atoms with Gasteiger partial charge in [-0.3, -0.25) is 9.36 Å². The van der Waals surface area contributed by atoms with Crippen molar-refractivity contribution in [2.24, 2.45) is 5.41 Å². The Labute approximate surface area is 239 Å². The maximum atomic E-state index is 13.5. The number of methoxy groups -OCH3 is 1. The van der Waals surface area contributed by atoms with E-state index in [-0.39, 0.29) is 22.6 Å². The SMILES string of the molecule is COc1c(NC(=O)c2ccc(C)c(-n3cc(OC(=O)NCC(C)(C)C)nn3)c2)cc(C(C)(C)C)cc1-n1cnnc1. The summed E-state index contributed by atoms with van der Waals surface area (Å²) < 4.78 is 14.2. The molecule has 4 aromatic rings. The molecule has 2 amide bonds. The molecule has 0 unspecified atom stereocenters. The zero-order chi connectivity index (χ0) is 29.9. The second-order valence-corrected chi connectivity index (χ2v) is 12.0. The molecule has 0 spiro atoms. The molecular formula is C29H36N8O4. The number of hydrogen-bond donors (Lipinski definition) is 2. The van der Waals surface area contributed by atoms with E-state index in [1.165, 1.54) is 10.9 Å². The summed E-state index contributed by atoms with van der Waals surface area (Å²) in [4.78, 5) is 25.7. The third-order valence-electron chi connectivity index (χ3n) is 6.24. The largest absolute Gasteiger partial charge is 0.492 e. The van der Waals surface area contributed by atoms with Crippen LogP contribution in [0.4, 0.5) is 10.5 Å². The molecule has 216 valence electrons. The molecule has 2 N–H and O–H groups in total. The highest BCUT2D eigenvalue weighted by Crippen LogP contribution is 2.37. The topological polar surface area (TPSA) is 138 Å². The molecular weight excluding hydrogens is 524 g/mol. The third kappa shape index (κ3) is 7.07. The number of benzene rings is 2. The van der Waals surface area contributed by atoms with Gasteiger partial charge in [0.2, 0.25) is 0 Å². The van der Waals surface area contributed by atoms with E-state index < -0.39 is 6.09 Å². The molecule has 2 heterocycles. The summed E-state index contributed by atoms with van der Waals surface area (Å²) in [5, 5.41) is 21.6. The van der Waals surface area contributed by atoms with Gasteiger partial charge in [-0.05, 0) is 53.1 Å². The van der Waals surface area contributed by atoms with Crippen LogP contribution in [0.2, 0.25) is 0 Å². The standard InChI is InChI=1S/C29H36N8O4/c1-18-9-10-19(11-22(18)37-14-24(34-35-37)41-27(39)30-15-28(2,3)4)26(38)33-21-12-20(29(5,6)7)13-23(25(21)40-8)36-16-31-32-17-36/h9-14,16-17H,15H2,1-8H3,(H,30,39)(H,33,38). The van der Waals surface area contributed by atoms with E-state index in [0.717, 1.165) is 11.1 Å². The summed E-state index contributed by atoms with van der Waals surface area (Å²) in [5.41, 5.74) is 3.74. The molecule has 0 aliphatic rings. The highest BCUT2D eigenvalue weighted by Gasteiger charge is 2.22. The Morgan fingerprint density at radius 1 is 0.976 bits per heavy atom. The molecule has 0 bridgehead atoms. The predicted molar refractivity (Wildman–Crippen MR) is 154 cm³/mol. The van der Waals surface area contributed by atoms with Crippen molar-refractivity contribution in [3.8, 4) is 23.0 Å². The molecule has 0 atom stereocenters. The molecule has 0 fully saturated rings. The molecule has 2 aromatic carbocycles. The highest BCUT2D eigenvalue weighted by atomic mass is 16.6. The number of anilines is 1. The number of aryl methyl sites for hydroxylation is 1. The summed E-state index contributed by atoms with van der Waals surface area (Å²) in [6.07, 6.45) is 4.02. The van der Waals surface area contributed by atoms with Crippen LogP contribution in [-0.2, 0) is 5.41 Å². The minimum Gasteiger partial charge on any atom is -0.492 e. The minimum absolute atomic E-state index is 0.0379. The van der Waals surface area contributed by atoms with Gasteiger partial charge in [-0.15, -0.1) is 10.2 Å². The lowest BCUT2D eigenvalue weighted by molar-refractivity contribution is 0.102. The van der Waals surface area contributed by atoms with E-state index in [9.17, 15) is 9.59 Å². The minimum atomic E-state index is -0.617. The van der Waals surface area contributed by atoms with Gasteiger partial charge in [-0.1, -0.05) is 57.9 Å². The van der Waals surface area contributed by atoms with Gasteiger partial charge in [0.25, 0.3) is 11.8 Å². The fourth-order valence-corrected chi connectivity index (χ4v) is 3.94. The number of amides is 2. The Morgan fingerprint density at radius 3 is 2.32 bits per heavy atom. The molecule has 0 radical (unpaired) electrons. The Hall–Kier alpha value is -4.74. The van der Waals surface area contributed by atoms with Gasteiger partial charge in [0.05, 0.1) is 30.4 Å². The Balaban J connectivity index is 1.60. The van der Waals surface area contributed by atoms with Crippen molar-refractivity contribution in [1.82, 2.24) is 35.1 Å². The second kappa shape index (κ2) is 11.4. The first kappa shape index (κ1) is 29.2. The lowest BCUT2D eigenvalue weighted by Crippen LogP contribution is -2.34. The van der Waals surface area contributed by atoms with Crippen molar-refractivity contribution in [3.05, 3.63) is 65.9 Å². The van der Waals surface area contributed by atoms with Gasteiger partial charge >= 0.3 is 6.09 Å². The average Bonchev–Trinajstić information content (AvgIpc) is 3.59. The first-order valence-corrected chi connectivity index (χ1v) is 13.1. The van der Waals surface area contributed by atoms with Crippen LogP contribution in [-0.4, -0.2) is 55.4 Å². The van der Waals surface area contributed by atoms with E-state index in [0.29, 0.717) is 34.9 Å². The zero-order valence-electron chi connectivity index (χ0n) is 24.6. The van der Waals surface area contributed by atoms with Crippen LogP contribution in [0.25, 0.3) is 11.4 Å². The zero-order valence-corrected chi connectivity index (χ0v) is 24.6. The number of carbonyl (C=O) groups is 2. The second-order valence-electron chi connectivity index (χ2n) is 12.0. The molecule has 0 aliphatic carbocycles. The number of hydrogen-bond acceptors (Lipinski definition) is 8. The van der Waals surface area contributed by atoms with Gasteiger partial charge in [-0.2, -0.15) is 0 Å². The normalized spacial score (nSPS) is 11.7. The average molecular weight is 561 g/mol. The Kier molecular flexibility index (Phi) is 8.13. The molecule has 4 rings (SSSR count). The summed E-state index contributed by atoms with van der Waals surface area (Å²) in [5.74, 6) is 0.167. The van der Waals surface area contributed by atoms with Crippen LogP contribution >= 0.6 is 0 Å². The first-order chi connectivity index (χ1) is 19.2. The van der Waals surface area contributed by atoms with E-state index in [2.05, 4.69) is 51.9 Å². The van der Waals surface area contributed by atoms with Gasteiger partial charge in [-0.25, -0.2) is 9.48 Å². The Bertz CT molecular complexity index is 1550. The van der Waals surface area contributed by atoms with Crippen molar-refractivity contribution >= 4 is 17.7 Å². The van der Waals surface area contributed by atoms with Crippen LogP contribution in [0.15, 0.2) is 49.2 Å². The van der Waals surface area contributed by atoms with Crippen molar-refractivity contribution in [2.75, 3.05) is 19.0 Å². The van der Waals surface area contributed by atoms with Crippen molar-refractivity contribution in [1.29, 1.82) is 0 Å². The quantitative estimate of drug-likeness (QED) is 0.327. The van der Waals surface area contributed by atoms with Crippen molar-refractivity contribution < 1.29 is 19.1 Å². The third-order valence-corrected chi connectivity index (χ3v) is 6.24. The molecule has 0 saturated heterocycles. The van der Waals surface area contributed by atoms with Crippen molar-refractivity contribution in [3.63, 3.8) is 0 Å². The summed E-state index contributed by atoms with van der Waals surface area (Å²) in [6, 6.07) is 9.14. The van der Waals surface area contributed by atoms with Crippen molar-refractivity contribution in [2.45, 2.75) is 53.9 Å². The monoisotopic (exact) mass is 560 g/mol. The number of carbonyl (C=O) groups excluding carboxylic acids is 2. The molecule has 12 nitrogen and oxygen atoms in total. The van der Waals surface area contributed by atoms with Crippen LogP contribution in [0.3, 0.4) is 0 Å². The fourth-order valence-electron chi connectivity index (χ4n) is 3.94. The van der Waals surface area contributed by atoms with Crippen LogP contribution < -0.4 is 20.1 Å². The molecule has 2 aromatic heterocycles. The van der Waals surface area contributed by atoms with Crippen LogP contribution in [0, 0.1) is 12.3 Å². The smallest absolute Gasteiger partial charge is 0.414 e. The van der Waals surface area contributed by atoms with Gasteiger partial charge in [0.1, 0.15) is 12.7 Å². The number of ether oxygens (including phenoxy) is 2. The number of nitrogens with zero attached hydrogens (tertiary/aromatic N) is 6. The Morgan fingerprint density at radius 2 is 1.68 bits per heavy atom. The predicted octanol–water partition coefficient (Wildman–Crippen LogP) is 4.85. The van der Waals surface area contributed by atoms with E-state index >= 15 is 0 Å². The van der Waals surface area contributed by atoms with E-state index in [4.69, 9.17) is 9.47 Å². The molecule has 12 heteroatoms. The summed E-state index contributed by atoms with van der Waals surface area (Å²) >= 11 is 0. The maximum absolute atomic E-state index is 13.5. The molecule has 0 aliphatic heterocycles. The summed E-state index contributed by atoms with van der Waals surface area (Å²) in [6.45, 7) is 14.6. The lowest BCUT2D eigenvalue weighted by atomic mass is 9.86. The maximum Gasteiger partial charge on any atom is 0.414 e. The first-order valence-electron chi connectivity index (χ1n) is 13.1. The van der Waals surface area contributed by atoms with E-state index in [1.807, 2.05) is 45.9 Å². The van der Waals surface area contributed by atoms with Gasteiger partial charge in [0, 0.05) is 12.1 Å². The van der Waals surface area contributed by atoms with Crippen LogP contribution in [0.1, 0.15) is 63.0 Å². The highest BCUT2D eigenvalue weighted by molar-refractivity contribution is 6.06. The van der Waals surface area contributed by atoms with Crippen LogP contribution in [0.5, 0.6) is 11.6 Å². The lowest BCUT2D eigenvalue weighted by Gasteiger charge is -2.24. The molecule has 41 heavy (non-hydrogen) atoms. The van der Waals surface area contributed by atoms with Gasteiger partial charge in [0.15, 0.2) is 5.75 Å². The number of aromatic nitrogens is 6. The number of nitrogens with one attached hydrogen (secondary N) is 2. The van der Waals surface area contributed by atoms with Gasteiger partial charge < -0.3 is 20.1 Å². The van der Waals surface area contributed by atoms with E-state index in [1.54, 1.807) is 36.5 Å². The number of rotatable bonds is 7. The molecule has 0 saturated carbocycles. The fraction of sp³-hybridized carbons (Fsp3) is 0.379.